The van der Waals surface area contributed by atoms with Crippen LogP contribution in [0, 0.1) is 0 Å². The zero-order valence-electron chi connectivity index (χ0n) is 10.8. The lowest BCUT2D eigenvalue weighted by atomic mass is 10.3. The van der Waals surface area contributed by atoms with Gasteiger partial charge in [0.1, 0.15) is 0 Å². The minimum absolute atomic E-state index is 0.0522. The fourth-order valence-corrected chi connectivity index (χ4v) is 1.59. The molecule has 0 radical (unpaired) electrons. The van der Waals surface area contributed by atoms with Gasteiger partial charge in [0.15, 0.2) is 0 Å². The van der Waals surface area contributed by atoms with Crippen LogP contribution < -0.4 is 5.32 Å². The van der Waals surface area contributed by atoms with E-state index in [1.807, 2.05) is 6.92 Å². The molecule has 6 heteroatoms. The van der Waals surface area contributed by atoms with Crippen molar-refractivity contribution >= 4 is 5.91 Å². The highest BCUT2D eigenvalue weighted by molar-refractivity contribution is 5.75. The van der Waals surface area contributed by atoms with Crippen molar-refractivity contribution < 1.29 is 9.21 Å². The van der Waals surface area contributed by atoms with Crippen LogP contribution in [0.5, 0.6) is 0 Å². The maximum absolute atomic E-state index is 11.3. The van der Waals surface area contributed by atoms with Crippen LogP contribution in [0.2, 0.25) is 0 Å². The van der Waals surface area contributed by atoms with Crippen molar-refractivity contribution in [3.05, 3.63) is 30.4 Å². The molecule has 0 fully saturated rings. The summed E-state index contributed by atoms with van der Waals surface area (Å²) in [7, 11) is 0. The molecule has 1 N–H and O–H groups in total. The maximum Gasteiger partial charge on any atom is 0.247 e. The molecule has 2 aromatic heterocycles. The smallest absolute Gasteiger partial charge is 0.247 e. The van der Waals surface area contributed by atoms with Gasteiger partial charge in [0.2, 0.25) is 17.7 Å². The Morgan fingerprint density at radius 3 is 2.84 bits per heavy atom. The van der Waals surface area contributed by atoms with Gasteiger partial charge in [0, 0.05) is 37.3 Å². The first-order chi connectivity index (χ1) is 9.29. The Balaban J connectivity index is 1.86. The van der Waals surface area contributed by atoms with Gasteiger partial charge in [-0.2, -0.15) is 0 Å². The Hall–Kier alpha value is -2.24. The van der Waals surface area contributed by atoms with Gasteiger partial charge in [-0.1, -0.05) is 6.92 Å². The molecule has 6 nitrogen and oxygen atoms in total. The van der Waals surface area contributed by atoms with Crippen LogP contribution in [0.3, 0.4) is 0 Å². The highest BCUT2D eigenvalue weighted by Gasteiger charge is 2.08. The summed E-state index contributed by atoms with van der Waals surface area (Å²) in [5.74, 6) is 1.04. The van der Waals surface area contributed by atoms with Crippen LogP contribution in [-0.4, -0.2) is 27.6 Å². The summed E-state index contributed by atoms with van der Waals surface area (Å²) in [6.07, 6.45) is 5.27. The van der Waals surface area contributed by atoms with Crippen molar-refractivity contribution in [1.29, 1.82) is 0 Å². The van der Waals surface area contributed by atoms with E-state index in [2.05, 4.69) is 20.5 Å². The second-order valence-corrected chi connectivity index (χ2v) is 4.09. The van der Waals surface area contributed by atoms with E-state index in [1.54, 1.807) is 24.5 Å². The third-order valence-corrected chi connectivity index (χ3v) is 2.53. The van der Waals surface area contributed by atoms with Gasteiger partial charge in [0.05, 0.1) is 0 Å². The third-order valence-electron chi connectivity index (χ3n) is 2.53. The summed E-state index contributed by atoms with van der Waals surface area (Å²) in [5, 5.41) is 10.7. The molecule has 0 saturated carbocycles. The van der Waals surface area contributed by atoms with E-state index >= 15 is 0 Å². The average molecular weight is 260 g/mol. The van der Waals surface area contributed by atoms with Crippen LogP contribution in [0.15, 0.2) is 28.9 Å². The molecule has 0 saturated heterocycles. The highest BCUT2D eigenvalue weighted by atomic mass is 16.4. The summed E-state index contributed by atoms with van der Waals surface area (Å²) >= 11 is 0. The number of pyridine rings is 1. The summed E-state index contributed by atoms with van der Waals surface area (Å²) in [6, 6.07) is 3.61. The van der Waals surface area contributed by atoms with Crippen molar-refractivity contribution in [1.82, 2.24) is 20.5 Å². The molecular formula is C13H16N4O2. The number of amides is 1. The number of nitrogens with one attached hydrogen (secondary N) is 1. The van der Waals surface area contributed by atoms with Crippen LogP contribution in [0.1, 0.15) is 25.7 Å². The predicted octanol–water partition coefficient (Wildman–Crippen LogP) is 1.59. The minimum Gasteiger partial charge on any atom is -0.421 e. The lowest BCUT2D eigenvalue weighted by Crippen LogP contribution is -2.25. The first-order valence-corrected chi connectivity index (χ1v) is 6.29. The number of carbonyl (C=O) groups is 1. The molecule has 0 bridgehead atoms. The summed E-state index contributed by atoms with van der Waals surface area (Å²) in [4.78, 5) is 15.2. The lowest BCUT2D eigenvalue weighted by molar-refractivity contribution is -0.121. The molecule has 0 atom stereocenters. The summed E-state index contributed by atoms with van der Waals surface area (Å²) in [6.45, 7) is 2.48. The Morgan fingerprint density at radius 2 is 2.11 bits per heavy atom. The molecule has 100 valence electrons. The molecule has 0 aromatic carbocycles. The summed E-state index contributed by atoms with van der Waals surface area (Å²) in [5.41, 5.74) is 0.837. The standard InChI is InChI=1S/C13H16N4O2/c1-2-3-11(18)15-9-6-12-16-17-13(19-12)10-4-7-14-8-5-10/h4-5,7-8H,2-3,6,9H2,1H3,(H,15,18). The number of rotatable bonds is 6. The number of carbonyl (C=O) groups excluding carboxylic acids is 1. The number of aromatic nitrogens is 3. The topological polar surface area (TPSA) is 80.9 Å². The average Bonchev–Trinajstić information content (AvgIpc) is 2.89. The minimum atomic E-state index is 0.0522. The van der Waals surface area contributed by atoms with Gasteiger partial charge in [-0.05, 0) is 18.6 Å². The molecule has 0 unspecified atom stereocenters. The molecule has 1 amide bonds. The van der Waals surface area contributed by atoms with Crippen LogP contribution >= 0.6 is 0 Å². The molecule has 0 spiro atoms. The van der Waals surface area contributed by atoms with E-state index in [0.29, 0.717) is 31.2 Å². The van der Waals surface area contributed by atoms with E-state index in [4.69, 9.17) is 4.42 Å². The van der Waals surface area contributed by atoms with Crippen molar-refractivity contribution in [3.63, 3.8) is 0 Å². The van der Waals surface area contributed by atoms with E-state index in [-0.39, 0.29) is 5.91 Å². The van der Waals surface area contributed by atoms with E-state index in [1.165, 1.54) is 0 Å². The lowest BCUT2D eigenvalue weighted by Gasteiger charge is -2.00. The Kier molecular flexibility index (Phi) is 4.60. The fraction of sp³-hybridized carbons (Fsp3) is 0.385. The van der Waals surface area contributed by atoms with Gasteiger partial charge in [-0.25, -0.2) is 0 Å². The zero-order chi connectivity index (χ0) is 13.5. The molecule has 0 aliphatic rings. The summed E-state index contributed by atoms with van der Waals surface area (Å²) < 4.78 is 5.51. The van der Waals surface area contributed by atoms with E-state index in [0.717, 1.165) is 12.0 Å². The molecule has 19 heavy (non-hydrogen) atoms. The second-order valence-electron chi connectivity index (χ2n) is 4.09. The Bertz CT molecular complexity index is 524. The van der Waals surface area contributed by atoms with Gasteiger partial charge >= 0.3 is 0 Å². The van der Waals surface area contributed by atoms with E-state index in [9.17, 15) is 4.79 Å². The molecule has 2 heterocycles. The predicted molar refractivity (Wildman–Crippen MR) is 69.2 cm³/mol. The van der Waals surface area contributed by atoms with Crippen molar-refractivity contribution in [2.24, 2.45) is 0 Å². The molecule has 2 aromatic rings. The maximum atomic E-state index is 11.3. The monoisotopic (exact) mass is 260 g/mol. The highest BCUT2D eigenvalue weighted by Crippen LogP contribution is 2.16. The quantitative estimate of drug-likeness (QED) is 0.853. The SMILES string of the molecule is CCCC(=O)NCCc1nnc(-c2ccncc2)o1. The second kappa shape index (κ2) is 6.63. The van der Waals surface area contributed by atoms with Crippen LogP contribution in [-0.2, 0) is 11.2 Å². The van der Waals surface area contributed by atoms with Crippen molar-refractivity contribution in [2.75, 3.05) is 6.54 Å². The largest absolute Gasteiger partial charge is 0.421 e. The van der Waals surface area contributed by atoms with Crippen molar-refractivity contribution in [2.45, 2.75) is 26.2 Å². The molecule has 0 aliphatic heterocycles. The van der Waals surface area contributed by atoms with Gasteiger partial charge < -0.3 is 9.73 Å². The van der Waals surface area contributed by atoms with Gasteiger partial charge in [-0.15, -0.1) is 10.2 Å². The molecule has 2 rings (SSSR count). The fourth-order valence-electron chi connectivity index (χ4n) is 1.59. The Labute approximate surface area is 111 Å². The number of hydrogen-bond acceptors (Lipinski definition) is 5. The zero-order valence-corrected chi connectivity index (χ0v) is 10.8. The third kappa shape index (κ3) is 3.87. The molecular weight excluding hydrogens is 244 g/mol. The van der Waals surface area contributed by atoms with Gasteiger partial charge in [-0.3, -0.25) is 9.78 Å². The first kappa shape index (κ1) is 13.2. The first-order valence-electron chi connectivity index (χ1n) is 6.29. The normalized spacial score (nSPS) is 10.4. The number of hydrogen-bond donors (Lipinski definition) is 1. The van der Waals surface area contributed by atoms with Crippen LogP contribution in [0.25, 0.3) is 11.5 Å². The Morgan fingerprint density at radius 1 is 1.32 bits per heavy atom. The van der Waals surface area contributed by atoms with Crippen molar-refractivity contribution in [3.8, 4) is 11.5 Å². The van der Waals surface area contributed by atoms with Crippen LogP contribution in [0.4, 0.5) is 0 Å². The van der Waals surface area contributed by atoms with E-state index < -0.39 is 0 Å². The number of nitrogens with zero attached hydrogens (tertiary/aromatic N) is 3. The molecule has 0 aliphatic carbocycles. The van der Waals surface area contributed by atoms with Gasteiger partial charge in [0.25, 0.3) is 0 Å².